The SMILES string of the molecule is Cc1ccc(-c2nc(C(=O)Nc3cc4cn(CCC(C)(C)O)nc4cc3-c3ccoc3)cs2)cn1. The van der Waals surface area contributed by atoms with E-state index in [1.54, 1.807) is 38.0 Å². The number of thiazole rings is 1. The van der Waals surface area contributed by atoms with Gasteiger partial charge in [0.25, 0.3) is 5.91 Å². The lowest BCUT2D eigenvalue weighted by Gasteiger charge is -2.16. The Bertz CT molecular complexity index is 1480. The first-order valence-electron chi connectivity index (χ1n) is 11.2. The highest BCUT2D eigenvalue weighted by Crippen LogP contribution is 2.33. The number of furan rings is 1. The minimum atomic E-state index is -0.778. The summed E-state index contributed by atoms with van der Waals surface area (Å²) in [7, 11) is 0. The van der Waals surface area contributed by atoms with Crippen LogP contribution in [0.3, 0.4) is 0 Å². The first-order chi connectivity index (χ1) is 16.7. The average molecular weight is 488 g/mol. The Morgan fingerprint density at radius 2 is 2.09 bits per heavy atom. The van der Waals surface area contributed by atoms with Gasteiger partial charge >= 0.3 is 0 Å². The molecule has 0 atom stereocenters. The minimum Gasteiger partial charge on any atom is -0.472 e. The summed E-state index contributed by atoms with van der Waals surface area (Å²) in [6.45, 7) is 6.06. The van der Waals surface area contributed by atoms with Gasteiger partial charge in [-0.25, -0.2) is 4.98 Å². The van der Waals surface area contributed by atoms with Crippen LogP contribution in [0.15, 0.2) is 65.0 Å². The van der Waals surface area contributed by atoms with E-state index in [0.29, 0.717) is 24.3 Å². The maximum Gasteiger partial charge on any atom is 0.275 e. The number of benzene rings is 1. The van der Waals surface area contributed by atoms with Crippen LogP contribution in [-0.4, -0.2) is 36.4 Å². The molecule has 4 aromatic heterocycles. The maximum atomic E-state index is 13.1. The molecule has 0 unspecified atom stereocenters. The van der Waals surface area contributed by atoms with Crippen molar-refractivity contribution in [2.45, 2.75) is 39.3 Å². The summed E-state index contributed by atoms with van der Waals surface area (Å²) in [5.41, 5.74) is 4.41. The number of rotatable bonds is 7. The number of anilines is 1. The highest BCUT2D eigenvalue weighted by Gasteiger charge is 2.18. The summed E-state index contributed by atoms with van der Waals surface area (Å²) >= 11 is 1.40. The molecule has 2 N–H and O–H groups in total. The van der Waals surface area contributed by atoms with Gasteiger partial charge in [-0.05, 0) is 57.5 Å². The predicted octanol–water partition coefficient (Wildman–Crippen LogP) is 5.54. The fourth-order valence-electron chi connectivity index (χ4n) is 3.68. The van der Waals surface area contributed by atoms with E-state index in [-0.39, 0.29) is 5.91 Å². The van der Waals surface area contributed by atoms with Gasteiger partial charge in [0, 0.05) is 57.8 Å². The Morgan fingerprint density at radius 1 is 1.23 bits per heavy atom. The second-order valence-corrected chi connectivity index (χ2v) is 9.96. The topological polar surface area (TPSA) is 106 Å². The molecule has 35 heavy (non-hydrogen) atoms. The zero-order valence-corrected chi connectivity index (χ0v) is 20.5. The van der Waals surface area contributed by atoms with E-state index in [2.05, 4.69) is 20.4 Å². The Morgan fingerprint density at radius 3 is 2.80 bits per heavy atom. The van der Waals surface area contributed by atoms with Crippen LogP contribution in [-0.2, 0) is 6.54 Å². The standard InChI is InChI=1S/C26H25N5O3S/c1-16-4-5-17(12-27-16)25-29-23(15-35-25)24(32)28-22-10-19-13-31(8-7-26(2,3)33)30-21(19)11-20(22)18-6-9-34-14-18/h4-6,9-15,33H,7-8H2,1-3H3,(H,28,32). The molecular weight excluding hydrogens is 462 g/mol. The smallest absolute Gasteiger partial charge is 0.275 e. The molecule has 8 nitrogen and oxygen atoms in total. The molecule has 0 aliphatic carbocycles. The summed E-state index contributed by atoms with van der Waals surface area (Å²) in [4.78, 5) is 22.0. The molecule has 0 saturated heterocycles. The van der Waals surface area contributed by atoms with Crippen molar-refractivity contribution in [3.05, 3.63) is 72.0 Å². The van der Waals surface area contributed by atoms with Gasteiger partial charge in [-0.1, -0.05) is 0 Å². The van der Waals surface area contributed by atoms with Gasteiger partial charge in [0.05, 0.1) is 23.6 Å². The molecule has 5 aromatic rings. The fraction of sp³-hybridized carbons (Fsp3) is 0.231. The molecule has 5 rings (SSSR count). The van der Waals surface area contributed by atoms with Gasteiger partial charge in [-0.3, -0.25) is 14.5 Å². The molecule has 178 valence electrons. The first-order valence-corrected chi connectivity index (χ1v) is 12.1. The second-order valence-electron chi connectivity index (χ2n) is 9.10. The number of fused-ring (bicyclic) bond motifs is 1. The third-order valence-electron chi connectivity index (χ3n) is 5.62. The number of aromatic nitrogens is 4. The van der Waals surface area contributed by atoms with Gasteiger partial charge in [-0.15, -0.1) is 11.3 Å². The Balaban J connectivity index is 1.45. The summed E-state index contributed by atoms with van der Waals surface area (Å²) in [5, 5.41) is 21.1. The highest BCUT2D eigenvalue weighted by atomic mass is 32.1. The van der Waals surface area contributed by atoms with Gasteiger partial charge in [0.15, 0.2) is 0 Å². The molecule has 4 heterocycles. The molecule has 0 spiro atoms. The van der Waals surface area contributed by atoms with E-state index in [1.807, 2.05) is 48.1 Å². The quantitative estimate of drug-likeness (QED) is 0.312. The first kappa shape index (κ1) is 22.9. The minimum absolute atomic E-state index is 0.300. The number of carbonyl (C=O) groups is 1. The number of hydrogen-bond acceptors (Lipinski definition) is 7. The van der Waals surface area contributed by atoms with E-state index in [0.717, 1.165) is 38.3 Å². The Kier molecular flexibility index (Phi) is 5.96. The normalized spacial score (nSPS) is 11.8. The Labute approximate surface area is 206 Å². The fourth-order valence-corrected chi connectivity index (χ4v) is 4.47. The van der Waals surface area contributed by atoms with Crippen molar-refractivity contribution in [2.24, 2.45) is 0 Å². The van der Waals surface area contributed by atoms with Crippen molar-refractivity contribution in [1.82, 2.24) is 19.7 Å². The van der Waals surface area contributed by atoms with Crippen LogP contribution >= 0.6 is 11.3 Å². The van der Waals surface area contributed by atoms with Crippen molar-refractivity contribution < 1.29 is 14.3 Å². The molecule has 0 radical (unpaired) electrons. The number of aryl methyl sites for hydroxylation is 2. The van der Waals surface area contributed by atoms with Crippen molar-refractivity contribution in [2.75, 3.05) is 5.32 Å². The van der Waals surface area contributed by atoms with Crippen LogP contribution in [0, 0.1) is 6.92 Å². The molecule has 0 fully saturated rings. The van der Waals surface area contributed by atoms with Crippen molar-refractivity contribution >= 4 is 33.8 Å². The third kappa shape index (κ3) is 5.16. The van der Waals surface area contributed by atoms with E-state index in [4.69, 9.17) is 4.42 Å². The average Bonchev–Trinajstić information content (AvgIpc) is 3.57. The number of hydrogen-bond donors (Lipinski definition) is 2. The number of amides is 1. The lowest BCUT2D eigenvalue weighted by molar-refractivity contribution is 0.0651. The van der Waals surface area contributed by atoms with Crippen LogP contribution < -0.4 is 5.32 Å². The molecule has 0 saturated carbocycles. The van der Waals surface area contributed by atoms with Crippen LogP contribution in [0.25, 0.3) is 32.6 Å². The largest absolute Gasteiger partial charge is 0.472 e. The molecule has 0 aliphatic heterocycles. The lowest BCUT2D eigenvalue weighted by Crippen LogP contribution is -2.21. The zero-order chi connectivity index (χ0) is 24.6. The number of pyridine rings is 1. The van der Waals surface area contributed by atoms with Crippen molar-refractivity contribution in [3.63, 3.8) is 0 Å². The third-order valence-corrected chi connectivity index (χ3v) is 6.51. The van der Waals surface area contributed by atoms with Gasteiger partial charge in [0.2, 0.25) is 0 Å². The molecule has 1 amide bonds. The number of nitrogens with one attached hydrogen (secondary N) is 1. The number of carbonyl (C=O) groups excluding carboxylic acids is 1. The predicted molar refractivity (Wildman–Crippen MR) is 136 cm³/mol. The van der Waals surface area contributed by atoms with E-state index < -0.39 is 5.60 Å². The summed E-state index contributed by atoms with van der Waals surface area (Å²) in [5.74, 6) is -0.300. The highest BCUT2D eigenvalue weighted by molar-refractivity contribution is 7.13. The lowest BCUT2D eigenvalue weighted by atomic mass is 10.0. The maximum absolute atomic E-state index is 13.1. The summed E-state index contributed by atoms with van der Waals surface area (Å²) in [6.07, 6.45) is 7.47. The molecule has 0 bridgehead atoms. The van der Waals surface area contributed by atoms with E-state index in [9.17, 15) is 9.90 Å². The monoisotopic (exact) mass is 487 g/mol. The van der Waals surface area contributed by atoms with Crippen LogP contribution in [0.1, 0.15) is 36.5 Å². The number of aliphatic hydroxyl groups is 1. The Hall–Kier alpha value is -3.82. The van der Waals surface area contributed by atoms with Gasteiger partial charge in [0.1, 0.15) is 10.7 Å². The molecule has 1 aromatic carbocycles. The summed E-state index contributed by atoms with van der Waals surface area (Å²) in [6, 6.07) is 9.54. The van der Waals surface area contributed by atoms with Crippen molar-refractivity contribution in [1.29, 1.82) is 0 Å². The number of nitrogens with zero attached hydrogens (tertiary/aromatic N) is 4. The van der Waals surface area contributed by atoms with Crippen LogP contribution in [0.5, 0.6) is 0 Å². The molecule has 9 heteroatoms. The van der Waals surface area contributed by atoms with Crippen molar-refractivity contribution in [3.8, 4) is 21.7 Å². The van der Waals surface area contributed by atoms with Gasteiger partial charge < -0.3 is 14.8 Å². The van der Waals surface area contributed by atoms with E-state index >= 15 is 0 Å². The summed E-state index contributed by atoms with van der Waals surface area (Å²) < 4.78 is 7.10. The second kappa shape index (κ2) is 9.09. The molecular formula is C26H25N5O3S. The van der Waals surface area contributed by atoms with Crippen LogP contribution in [0.2, 0.25) is 0 Å². The van der Waals surface area contributed by atoms with Gasteiger partial charge in [-0.2, -0.15) is 5.10 Å². The van der Waals surface area contributed by atoms with Crippen LogP contribution in [0.4, 0.5) is 5.69 Å². The van der Waals surface area contributed by atoms with E-state index in [1.165, 1.54) is 11.3 Å². The zero-order valence-electron chi connectivity index (χ0n) is 19.6. The molecule has 0 aliphatic rings.